The average molecular weight is 484 g/mol. The molecule has 1 atom stereocenters. The Labute approximate surface area is 199 Å². The van der Waals surface area contributed by atoms with Crippen molar-refractivity contribution >= 4 is 38.5 Å². The Morgan fingerprint density at radius 1 is 1.06 bits per heavy atom. The van der Waals surface area contributed by atoms with Gasteiger partial charge in [0, 0.05) is 17.8 Å². The van der Waals surface area contributed by atoms with Crippen molar-refractivity contribution < 1.29 is 13.2 Å². The van der Waals surface area contributed by atoms with E-state index in [0.717, 1.165) is 47.6 Å². The molecule has 3 aromatic rings. The van der Waals surface area contributed by atoms with Gasteiger partial charge in [0.1, 0.15) is 0 Å². The van der Waals surface area contributed by atoms with E-state index in [9.17, 15) is 13.2 Å². The monoisotopic (exact) mass is 483 g/mol. The second-order valence-corrected chi connectivity index (χ2v) is 12.3. The molecule has 0 spiro atoms. The third-order valence-corrected chi connectivity index (χ3v) is 9.43. The van der Waals surface area contributed by atoms with E-state index in [1.807, 2.05) is 29.2 Å². The van der Waals surface area contributed by atoms with Crippen LogP contribution in [-0.4, -0.2) is 58.1 Å². The number of benzene rings is 2. The number of thioether (sulfide) groups is 1. The molecule has 6 nitrogen and oxygen atoms in total. The fourth-order valence-corrected chi connectivity index (χ4v) is 7.74. The van der Waals surface area contributed by atoms with Gasteiger partial charge in [0.25, 0.3) is 0 Å². The normalized spacial score (nSPS) is 20.5. The number of carbonyl (C=O) groups excluding carboxylic acids is 1. The molecule has 1 aliphatic carbocycles. The quantitative estimate of drug-likeness (QED) is 0.487. The smallest absolute Gasteiger partial charge is 0.233 e. The minimum absolute atomic E-state index is 0.0245. The van der Waals surface area contributed by atoms with E-state index >= 15 is 0 Å². The van der Waals surface area contributed by atoms with E-state index in [0.29, 0.717) is 6.42 Å². The summed E-state index contributed by atoms with van der Waals surface area (Å²) in [6.07, 6.45) is 4.69. The second-order valence-electron chi connectivity index (χ2n) is 9.14. The lowest BCUT2D eigenvalue weighted by molar-refractivity contribution is -0.132. The van der Waals surface area contributed by atoms with E-state index < -0.39 is 9.84 Å². The van der Waals surface area contributed by atoms with Gasteiger partial charge < -0.3 is 4.90 Å². The molecule has 0 radical (unpaired) electrons. The first-order valence-electron chi connectivity index (χ1n) is 11.6. The van der Waals surface area contributed by atoms with Crippen LogP contribution in [0, 0.1) is 6.92 Å². The topological polar surface area (TPSA) is 72.3 Å². The first-order valence-corrected chi connectivity index (χ1v) is 14.4. The van der Waals surface area contributed by atoms with Gasteiger partial charge in [-0.1, -0.05) is 54.4 Å². The molecule has 0 unspecified atom stereocenters. The number of fused-ring (bicyclic) bond motifs is 1. The minimum atomic E-state index is -3.05. The van der Waals surface area contributed by atoms with Gasteiger partial charge in [-0.3, -0.25) is 9.36 Å². The van der Waals surface area contributed by atoms with Crippen LogP contribution in [0.5, 0.6) is 0 Å². The summed E-state index contributed by atoms with van der Waals surface area (Å²) in [5, 5.41) is 0.777. The summed E-state index contributed by atoms with van der Waals surface area (Å²) in [5.41, 5.74) is 4.10. The van der Waals surface area contributed by atoms with Gasteiger partial charge in [-0.2, -0.15) is 0 Å². The molecule has 5 rings (SSSR count). The van der Waals surface area contributed by atoms with Crippen LogP contribution in [0.3, 0.4) is 0 Å². The van der Waals surface area contributed by atoms with Crippen LogP contribution in [0.2, 0.25) is 0 Å². The maximum absolute atomic E-state index is 13.5. The van der Waals surface area contributed by atoms with Crippen LogP contribution >= 0.6 is 11.8 Å². The predicted octanol–water partition coefficient (Wildman–Crippen LogP) is 4.38. The molecule has 1 aromatic heterocycles. The SMILES string of the molecule is Cc1ccc(-n2c(SCC(=O)N(C3CCCC3)[C@@H]3CCS(=O)(=O)C3)nc3ccccc32)cc1. The molecule has 33 heavy (non-hydrogen) atoms. The zero-order valence-electron chi connectivity index (χ0n) is 18.8. The molecule has 1 saturated carbocycles. The van der Waals surface area contributed by atoms with E-state index in [-0.39, 0.29) is 35.2 Å². The van der Waals surface area contributed by atoms with Gasteiger partial charge in [-0.25, -0.2) is 13.4 Å². The molecular formula is C25H29N3O3S2. The number of nitrogens with zero attached hydrogens (tertiary/aromatic N) is 3. The summed E-state index contributed by atoms with van der Waals surface area (Å²) >= 11 is 1.44. The molecule has 1 amide bonds. The zero-order valence-corrected chi connectivity index (χ0v) is 20.4. The Morgan fingerprint density at radius 2 is 1.79 bits per heavy atom. The van der Waals surface area contributed by atoms with Crippen molar-refractivity contribution in [2.45, 2.75) is 56.3 Å². The number of rotatable bonds is 6. The molecule has 0 bridgehead atoms. The van der Waals surface area contributed by atoms with Crippen LogP contribution < -0.4 is 0 Å². The number of sulfone groups is 1. The number of hydrogen-bond donors (Lipinski definition) is 0. The highest BCUT2D eigenvalue weighted by Crippen LogP contribution is 2.32. The maximum Gasteiger partial charge on any atom is 0.233 e. The van der Waals surface area contributed by atoms with Crippen molar-refractivity contribution in [3.05, 3.63) is 54.1 Å². The number of aryl methyl sites for hydroxylation is 1. The van der Waals surface area contributed by atoms with Crippen LogP contribution in [0.15, 0.2) is 53.7 Å². The highest BCUT2D eigenvalue weighted by molar-refractivity contribution is 7.99. The zero-order chi connectivity index (χ0) is 23.0. The number of imidazole rings is 1. The minimum Gasteiger partial charge on any atom is -0.335 e. The highest BCUT2D eigenvalue weighted by Gasteiger charge is 2.39. The van der Waals surface area contributed by atoms with Crippen molar-refractivity contribution in [3.63, 3.8) is 0 Å². The summed E-state index contributed by atoms with van der Waals surface area (Å²) in [5.74, 6) is 0.561. The summed E-state index contributed by atoms with van der Waals surface area (Å²) in [4.78, 5) is 20.2. The summed E-state index contributed by atoms with van der Waals surface area (Å²) < 4.78 is 26.4. The standard InChI is InChI=1S/C25H29N3O3S2/c1-18-10-12-20(13-11-18)28-23-9-5-4-8-22(23)26-25(28)32-16-24(29)27(19-6-2-3-7-19)21-14-15-33(30,31)17-21/h4-5,8-13,19,21H,2-3,6-7,14-17H2,1H3/t21-/m1/s1. The van der Waals surface area contributed by atoms with Gasteiger partial charge in [0.05, 0.1) is 28.3 Å². The lowest BCUT2D eigenvalue weighted by Gasteiger charge is -2.34. The Bertz CT molecular complexity index is 1260. The number of carbonyl (C=O) groups is 1. The molecular weight excluding hydrogens is 454 g/mol. The predicted molar refractivity (Wildman–Crippen MR) is 133 cm³/mol. The maximum atomic E-state index is 13.5. The Balaban J connectivity index is 1.42. The van der Waals surface area contributed by atoms with E-state index in [2.05, 4.69) is 35.8 Å². The van der Waals surface area contributed by atoms with Crippen LogP contribution in [0.1, 0.15) is 37.7 Å². The fraction of sp³-hybridized carbons (Fsp3) is 0.440. The van der Waals surface area contributed by atoms with Crippen molar-refractivity contribution in [2.24, 2.45) is 0 Å². The summed E-state index contributed by atoms with van der Waals surface area (Å²) in [7, 11) is -3.05. The van der Waals surface area contributed by atoms with Crippen molar-refractivity contribution in [2.75, 3.05) is 17.3 Å². The second kappa shape index (κ2) is 9.14. The highest BCUT2D eigenvalue weighted by atomic mass is 32.2. The molecule has 8 heteroatoms. The Hall–Kier alpha value is -2.32. The lowest BCUT2D eigenvalue weighted by atomic mass is 10.1. The van der Waals surface area contributed by atoms with Crippen LogP contribution in [-0.2, 0) is 14.6 Å². The number of amides is 1. The number of aromatic nitrogens is 2. The first kappa shape index (κ1) is 22.5. The molecule has 0 N–H and O–H groups in total. The molecule has 1 aliphatic heterocycles. The van der Waals surface area contributed by atoms with E-state index in [1.165, 1.54) is 17.3 Å². The van der Waals surface area contributed by atoms with Crippen LogP contribution in [0.4, 0.5) is 0 Å². The Kier molecular flexibility index (Phi) is 6.22. The van der Waals surface area contributed by atoms with Crippen molar-refractivity contribution in [1.82, 2.24) is 14.5 Å². The Morgan fingerprint density at radius 3 is 2.48 bits per heavy atom. The first-order chi connectivity index (χ1) is 15.9. The summed E-state index contributed by atoms with van der Waals surface area (Å²) in [6, 6.07) is 16.3. The fourth-order valence-electron chi connectivity index (χ4n) is 5.13. The molecule has 1 saturated heterocycles. The molecule has 2 fully saturated rings. The third-order valence-electron chi connectivity index (χ3n) is 6.75. The molecule has 2 aliphatic rings. The van der Waals surface area contributed by atoms with Crippen molar-refractivity contribution in [1.29, 1.82) is 0 Å². The molecule has 2 aromatic carbocycles. The number of hydrogen-bond acceptors (Lipinski definition) is 5. The lowest BCUT2D eigenvalue weighted by Crippen LogP contribution is -2.47. The molecule has 2 heterocycles. The average Bonchev–Trinajstić information content (AvgIpc) is 3.52. The van der Waals surface area contributed by atoms with Gasteiger partial charge in [-0.15, -0.1) is 0 Å². The third kappa shape index (κ3) is 4.68. The van der Waals surface area contributed by atoms with Gasteiger partial charge in [0.2, 0.25) is 5.91 Å². The van der Waals surface area contributed by atoms with Gasteiger partial charge >= 0.3 is 0 Å². The van der Waals surface area contributed by atoms with Gasteiger partial charge in [-0.05, 0) is 50.5 Å². The van der Waals surface area contributed by atoms with Gasteiger partial charge in [0.15, 0.2) is 15.0 Å². The van der Waals surface area contributed by atoms with Crippen molar-refractivity contribution in [3.8, 4) is 5.69 Å². The molecule has 174 valence electrons. The van der Waals surface area contributed by atoms with E-state index in [4.69, 9.17) is 4.98 Å². The van der Waals surface area contributed by atoms with E-state index in [1.54, 1.807) is 0 Å². The summed E-state index contributed by atoms with van der Waals surface area (Å²) in [6.45, 7) is 2.06. The van der Waals surface area contributed by atoms with Crippen LogP contribution in [0.25, 0.3) is 16.7 Å². The number of para-hydroxylation sites is 2. The largest absolute Gasteiger partial charge is 0.335 e.